The zero-order chi connectivity index (χ0) is 20.0. The van der Waals surface area contributed by atoms with E-state index in [0.29, 0.717) is 5.69 Å². The number of hydrogen-bond acceptors (Lipinski definition) is 7. The van der Waals surface area contributed by atoms with Crippen molar-refractivity contribution in [1.29, 1.82) is 0 Å². The maximum absolute atomic E-state index is 12.9. The highest BCUT2D eigenvalue weighted by atomic mass is 16.6. The lowest BCUT2D eigenvalue weighted by Gasteiger charge is -2.20. The molecule has 138 valence electrons. The minimum Gasteiger partial charge on any atom is -0.508 e. The van der Waals surface area contributed by atoms with Crippen LogP contribution in [0.15, 0.2) is 54.6 Å². The van der Waals surface area contributed by atoms with Crippen LogP contribution in [0.3, 0.4) is 0 Å². The number of phenolic OH excluding ortho intramolecular Hbond substituents is 2. The van der Waals surface area contributed by atoms with E-state index in [0.717, 1.165) is 12.1 Å². The Kier molecular flexibility index (Phi) is 3.82. The Hall–Kier alpha value is -4.20. The van der Waals surface area contributed by atoms with Gasteiger partial charge < -0.3 is 15.5 Å². The molecule has 28 heavy (non-hydrogen) atoms. The number of carbonyl (C=O) groups excluding carboxylic acids is 2. The predicted octanol–water partition coefficient (Wildman–Crippen LogP) is 3.53. The molecular formula is C20H12N2O6. The number of nitro benzene ring substituents is 1. The highest BCUT2D eigenvalue weighted by Crippen LogP contribution is 2.43. The van der Waals surface area contributed by atoms with Crippen LogP contribution >= 0.6 is 0 Å². The predicted molar refractivity (Wildman–Crippen MR) is 99.5 cm³/mol. The van der Waals surface area contributed by atoms with Gasteiger partial charge in [-0.05, 0) is 30.3 Å². The first-order valence-electron chi connectivity index (χ1n) is 8.17. The average molecular weight is 376 g/mol. The highest BCUT2D eigenvalue weighted by molar-refractivity contribution is 6.31. The average Bonchev–Trinajstić information content (AvgIpc) is 2.68. The smallest absolute Gasteiger partial charge is 0.283 e. The summed E-state index contributed by atoms with van der Waals surface area (Å²) >= 11 is 0. The number of anilines is 2. The van der Waals surface area contributed by atoms with Crippen molar-refractivity contribution in [2.75, 3.05) is 5.32 Å². The molecule has 1 aliphatic rings. The first kappa shape index (κ1) is 17.2. The normalized spacial score (nSPS) is 12.3. The Morgan fingerprint density at radius 2 is 1.54 bits per heavy atom. The van der Waals surface area contributed by atoms with E-state index in [4.69, 9.17) is 0 Å². The van der Waals surface area contributed by atoms with Gasteiger partial charge in [0.05, 0.1) is 16.2 Å². The summed E-state index contributed by atoms with van der Waals surface area (Å²) < 4.78 is 0. The topological polar surface area (TPSA) is 130 Å². The maximum Gasteiger partial charge on any atom is 0.283 e. The number of rotatable bonds is 3. The van der Waals surface area contributed by atoms with Crippen molar-refractivity contribution in [1.82, 2.24) is 0 Å². The summed E-state index contributed by atoms with van der Waals surface area (Å²) in [5.74, 6) is -2.36. The number of phenols is 2. The molecule has 0 bridgehead atoms. The molecule has 0 aliphatic heterocycles. The first-order valence-corrected chi connectivity index (χ1v) is 8.17. The highest BCUT2D eigenvalue weighted by Gasteiger charge is 2.39. The summed E-state index contributed by atoms with van der Waals surface area (Å²) in [5, 5.41) is 34.7. The molecule has 4 rings (SSSR count). The number of nitrogens with zero attached hydrogens (tertiary/aromatic N) is 1. The molecule has 3 aromatic rings. The number of para-hydroxylation sites is 1. The van der Waals surface area contributed by atoms with Crippen LogP contribution in [-0.4, -0.2) is 26.7 Å². The fourth-order valence-electron chi connectivity index (χ4n) is 3.21. The van der Waals surface area contributed by atoms with E-state index < -0.39 is 39.1 Å². The van der Waals surface area contributed by atoms with Crippen LogP contribution < -0.4 is 5.32 Å². The lowest BCUT2D eigenvalue weighted by Crippen LogP contribution is -2.22. The molecule has 0 radical (unpaired) electrons. The van der Waals surface area contributed by atoms with E-state index >= 15 is 0 Å². The van der Waals surface area contributed by atoms with E-state index in [1.807, 2.05) is 0 Å². The van der Waals surface area contributed by atoms with E-state index in [9.17, 15) is 29.9 Å². The molecule has 3 aromatic carbocycles. The van der Waals surface area contributed by atoms with Crippen molar-refractivity contribution < 1.29 is 24.7 Å². The van der Waals surface area contributed by atoms with E-state index in [1.165, 1.54) is 12.1 Å². The van der Waals surface area contributed by atoms with Crippen molar-refractivity contribution >= 4 is 28.6 Å². The molecule has 8 heteroatoms. The van der Waals surface area contributed by atoms with Gasteiger partial charge in [0.25, 0.3) is 5.69 Å². The van der Waals surface area contributed by atoms with E-state index in [-0.39, 0.29) is 22.6 Å². The molecule has 0 aromatic heterocycles. The number of benzene rings is 3. The summed E-state index contributed by atoms with van der Waals surface area (Å²) in [6, 6.07) is 13.1. The van der Waals surface area contributed by atoms with Crippen molar-refractivity contribution in [3.05, 3.63) is 87.0 Å². The van der Waals surface area contributed by atoms with Gasteiger partial charge in [0.15, 0.2) is 11.5 Å². The number of fused-ring (bicyclic) bond motifs is 2. The van der Waals surface area contributed by atoms with Gasteiger partial charge in [0, 0.05) is 22.9 Å². The van der Waals surface area contributed by atoms with Gasteiger partial charge in [-0.1, -0.05) is 18.2 Å². The standard InChI is InChI=1S/C20H12N2O6/c23-11-6-7-12-13(8-11)19(25)17-16(18(12)24)15(22(27)28)9-14(20(17)26)21-10-4-2-1-3-5-10/h1-9,21,23,26H. The van der Waals surface area contributed by atoms with Crippen molar-refractivity contribution in [2.24, 2.45) is 0 Å². The fraction of sp³-hybridized carbons (Fsp3) is 0. The van der Waals surface area contributed by atoms with Crippen LogP contribution in [-0.2, 0) is 0 Å². The largest absolute Gasteiger partial charge is 0.508 e. The summed E-state index contributed by atoms with van der Waals surface area (Å²) in [4.78, 5) is 36.6. The van der Waals surface area contributed by atoms with Gasteiger partial charge in [0.2, 0.25) is 5.78 Å². The molecule has 0 amide bonds. The molecule has 0 fully saturated rings. The third kappa shape index (κ3) is 2.55. The van der Waals surface area contributed by atoms with Crippen LogP contribution in [0.25, 0.3) is 0 Å². The van der Waals surface area contributed by atoms with Gasteiger partial charge in [-0.15, -0.1) is 0 Å². The molecule has 8 nitrogen and oxygen atoms in total. The Labute approximate surface area is 157 Å². The zero-order valence-electron chi connectivity index (χ0n) is 14.2. The molecule has 0 atom stereocenters. The lowest BCUT2D eigenvalue weighted by atomic mass is 9.82. The van der Waals surface area contributed by atoms with Crippen LogP contribution in [0.4, 0.5) is 17.1 Å². The van der Waals surface area contributed by atoms with Crippen LogP contribution in [0.5, 0.6) is 11.5 Å². The second-order valence-electron chi connectivity index (χ2n) is 6.18. The summed E-state index contributed by atoms with van der Waals surface area (Å²) in [6.45, 7) is 0. The molecule has 0 unspecified atom stereocenters. The second-order valence-corrected chi connectivity index (χ2v) is 6.18. The molecule has 3 N–H and O–H groups in total. The summed E-state index contributed by atoms with van der Waals surface area (Å²) in [6.07, 6.45) is 0. The third-order valence-electron chi connectivity index (χ3n) is 4.48. The Morgan fingerprint density at radius 1 is 0.857 bits per heavy atom. The van der Waals surface area contributed by atoms with Gasteiger partial charge in [-0.25, -0.2) is 0 Å². The van der Waals surface area contributed by atoms with Gasteiger partial charge >= 0.3 is 0 Å². The van der Waals surface area contributed by atoms with Crippen LogP contribution in [0, 0.1) is 10.1 Å². The second kappa shape index (κ2) is 6.20. The molecule has 0 saturated carbocycles. The molecular weight excluding hydrogens is 364 g/mol. The Morgan fingerprint density at radius 3 is 2.21 bits per heavy atom. The lowest BCUT2D eigenvalue weighted by molar-refractivity contribution is -0.385. The Bertz CT molecular complexity index is 1170. The van der Waals surface area contributed by atoms with Crippen molar-refractivity contribution in [3.8, 4) is 11.5 Å². The number of ketones is 2. The van der Waals surface area contributed by atoms with Gasteiger partial charge in [-0.3, -0.25) is 19.7 Å². The number of carbonyl (C=O) groups is 2. The Balaban J connectivity index is 1.97. The van der Waals surface area contributed by atoms with Gasteiger partial charge in [-0.2, -0.15) is 0 Å². The van der Waals surface area contributed by atoms with Crippen molar-refractivity contribution in [2.45, 2.75) is 0 Å². The number of nitro groups is 1. The monoisotopic (exact) mass is 376 g/mol. The SMILES string of the molecule is O=C1c2ccc(O)cc2C(=O)c2c(O)c(Nc3ccccc3)cc([N+](=O)[O-])c21. The molecule has 0 saturated heterocycles. The minimum atomic E-state index is -0.780. The van der Waals surface area contributed by atoms with E-state index in [1.54, 1.807) is 30.3 Å². The molecule has 1 aliphatic carbocycles. The van der Waals surface area contributed by atoms with Crippen LogP contribution in [0.1, 0.15) is 31.8 Å². The summed E-state index contributed by atoms with van der Waals surface area (Å²) in [7, 11) is 0. The number of hydrogen-bond donors (Lipinski definition) is 3. The maximum atomic E-state index is 12.9. The first-order chi connectivity index (χ1) is 13.4. The summed E-state index contributed by atoms with van der Waals surface area (Å²) in [5.41, 5.74) is -1.27. The number of aromatic hydroxyl groups is 2. The molecule has 0 spiro atoms. The van der Waals surface area contributed by atoms with Crippen LogP contribution in [0.2, 0.25) is 0 Å². The zero-order valence-corrected chi connectivity index (χ0v) is 14.2. The third-order valence-corrected chi connectivity index (χ3v) is 4.48. The minimum absolute atomic E-state index is 0.0680. The quantitative estimate of drug-likeness (QED) is 0.283. The van der Waals surface area contributed by atoms with E-state index in [2.05, 4.69) is 5.32 Å². The van der Waals surface area contributed by atoms with Crippen molar-refractivity contribution in [3.63, 3.8) is 0 Å². The van der Waals surface area contributed by atoms with Gasteiger partial charge in [0.1, 0.15) is 11.3 Å². The fourth-order valence-corrected chi connectivity index (χ4v) is 3.21. The number of nitrogens with one attached hydrogen (secondary N) is 1. The molecule has 0 heterocycles.